The van der Waals surface area contributed by atoms with E-state index in [9.17, 15) is 5.11 Å². The normalized spacial score (nSPS) is 14.4. The number of aliphatic hydroxyl groups excluding tert-OH is 1. The van der Waals surface area contributed by atoms with E-state index in [4.69, 9.17) is 4.74 Å². The third kappa shape index (κ3) is 2.42. The molecular weight excluding hydrogens is 230 g/mol. The maximum absolute atomic E-state index is 10.3. The number of methoxy groups -OCH3 is 1. The molecule has 0 spiro atoms. The van der Waals surface area contributed by atoms with Gasteiger partial charge in [0.25, 0.3) is 0 Å². The molecule has 2 unspecified atom stereocenters. The summed E-state index contributed by atoms with van der Waals surface area (Å²) >= 11 is 0. The minimum Gasteiger partial charge on any atom is -0.384 e. The molecule has 0 radical (unpaired) electrons. The maximum atomic E-state index is 10.3. The Morgan fingerprint density at radius 2 is 2.06 bits per heavy atom. The predicted molar refractivity (Wildman–Crippen MR) is 67.4 cm³/mol. The van der Waals surface area contributed by atoms with Crippen LogP contribution in [0.3, 0.4) is 0 Å². The lowest BCUT2D eigenvalue weighted by Crippen LogP contribution is -2.22. The highest BCUT2D eigenvalue weighted by atomic mass is 16.5. The lowest BCUT2D eigenvalue weighted by molar-refractivity contribution is -0.0180. The van der Waals surface area contributed by atoms with Crippen molar-refractivity contribution in [3.8, 4) is 5.69 Å². The summed E-state index contributed by atoms with van der Waals surface area (Å²) in [5, 5.41) is 18.2. The molecule has 2 aromatic rings. The average Bonchev–Trinajstić information content (AvgIpc) is 2.90. The molecule has 0 bridgehead atoms. The minimum absolute atomic E-state index is 0.258. The van der Waals surface area contributed by atoms with Gasteiger partial charge in [0.2, 0.25) is 0 Å². The Morgan fingerprint density at radius 1 is 1.33 bits per heavy atom. The van der Waals surface area contributed by atoms with Gasteiger partial charge < -0.3 is 9.84 Å². The van der Waals surface area contributed by atoms with Crippen LogP contribution in [0.25, 0.3) is 5.69 Å². The standard InChI is InChI=1S/C13H17N3O2/c1-3-12(18-2)13(17)11-9-14-15-16(11)10-7-5-4-6-8-10/h4-9,12-13,17H,3H2,1-2H3. The van der Waals surface area contributed by atoms with Crippen LogP contribution in [0.4, 0.5) is 0 Å². The van der Waals surface area contributed by atoms with Gasteiger partial charge in [0.1, 0.15) is 6.10 Å². The molecular formula is C13H17N3O2. The number of hydrogen-bond acceptors (Lipinski definition) is 4. The smallest absolute Gasteiger partial charge is 0.124 e. The van der Waals surface area contributed by atoms with Gasteiger partial charge in [0, 0.05) is 7.11 Å². The van der Waals surface area contributed by atoms with E-state index in [2.05, 4.69) is 10.3 Å². The quantitative estimate of drug-likeness (QED) is 0.874. The number of para-hydroxylation sites is 1. The van der Waals surface area contributed by atoms with Crippen molar-refractivity contribution in [1.82, 2.24) is 15.0 Å². The number of aliphatic hydroxyl groups is 1. The monoisotopic (exact) mass is 247 g/mol. The van der Waals surface area contributed by atoms with Crippen LogP contribution in [0.2, 0.25) is 0 Å². The number of rotatable bonds is 5. The molecule has 5 heteroatoms. The topological polar surface area (TPSA) is 60.2 Å². The molecule has 0 amide bonds. The van der Waals surface area contributed by atoms with Crippen molar-refractivity contribution in [3.05, 3.63) is 42.2 Å². The Labute approximate surface area is 106 Å². The van der Waals surface area contributed by atoms with Crippen LogP contribution in [0.1, 0.15) is 25.1 Å². The summed E-state index contributed by atoms with van der Waals surface area (Å²) in [6.45, 7) is 1.97. The average molecular weight is 247 g/mol. The fraction of sp³-hybridized carbons (Fsp3) is 0.385. The fourth-order valence-electron chi connectivity index (χ4n) is 1.92. The molecule has 2 rings (SSSR count). The van der Waals surface area contributed by atoms with Gasteiger partial charge in [-0.15, -0.1) is 5.10 Å². The highest BCUT2D eigenvalue weighted by molar-refractivity contribution is 5.32. The van der Waals surface area contributed by atoms with Crippen molar-refractivity contribution in [1.29, 1.82) is 0 Å². The molecule has 1 aromatic heterocycles. The summed E-state index contributed by atoms with van der Waals surface area (Å²) in [6.07, 6.45) is 1.29. The first-order chi connectivity index (χ1) is 8.77. The number of hydrogen-bond donors (Lipinski definition) is 1. The zero-order valence-corrected chi connectivity index (χ0v) is 10.5. The second-order valence-corrected chi connectivity index (χ2v) is 4.03. The van der Waals surface area contributed by atoms with Crippen LogP contribution in [0.5, 0.6) is 0 Å². The van der Waals surface area contributed by atoms with Gasteiger partial charge in [0.05, 0.1) is 23.7 Å². The van der Waals surface area contributed by atoms with Gasteiger partial charge >= 0.3 is 0 Å². The van der Waals surface area contributed by atoms with Gasteiger partial charge in [0.15, 0.2) is 0 Å². The highest BCUT2D eigenvalue weighted by Gasteiger charge is 2.23. The van der Waals surface area contributed by atoms with Crippen LogP contribution >= 0.6 is 0 Å². The van der Waals surface area contributed by atoms with Crippen LogP contribution in [-0.2, 0) is 4.74 Å². The van der Waals surface area contributed by atoms with Gasteiger partial charge in [-0.05, 0) is 18.6 Å². The van der Waals surface area contributed by atoms with Crippen molar-refractivity contribution in [2.24, 2.45) is 0 Å². The Kier molecular flexibility index (Phi) is 4.07. The van der Waals surface area contributed by atoms with Crippen molar-refractivity contribution < 1.29 is 9.84 Å². The Hall–Kier alpha value is -1.72. The van der Waals surface area contributed by atoms with Crippen LogP contribution in [0.15, 0.2) is 36.5 Å². The summed E-state index contributed by atoms with van der Waals surface area (Å²) in [4.78, 5) is 0. The number of ether oxygens (including phenoxy) is 1. The lowest BCUT2D eigenvalue weighted by Gasteiger charge is -2.20. The van der Waals surface area contributed by atoms with Crippen molar-refractivity contribution in [2.45, 2.75) is 25.6 Å². The fourth-order valence-corrected chi connectivity index (χ4v) is 1.92. The second-order valence-electron chi connectivity index (χ2n) is 4.03. The summed E-state index contributed by atoms with van der Waals surface area (Å²) in [6, 6.07) is 9.60. The molecule has 2 atom stereocenters. The van der Waals surface area contributed by atoms with E-state index in [0.717, 1.165) is 12.1 Å². The third-order valence-electron chi connectivity index (χ3n) is 2.94. The van der Waals surface area contributed by atoms with Gasteiger partial charge in [-0.2, -0.15) is 0 Å². The van der Waals surface area contributed by atoms with Crippen molar-refractivity contribution in [3.63, 3.8) is 0 Å². The van der Waals surface area contributed by atoms with Gasteiger partial charge in [-0.25, -0.2) is 4.68 Å². The first-order valence-corrected chi connectivity index (χ1v) is 5.94. The van der Waals surface area contributed by atoms with Crippen molar-refractivity contribution >= 4 is 0 Å². The first kappa shape index (κ1) is 12.7. The zero-order chi connectivity index (χ0) is 13.0. The molecule has 0 saturated carbocycles. The Bertz CT molecular complexity index is 480. The van der Waals surface area contributed by atoms with Crippen molar-refractivity contribution in [2.75, 3.05) is 7.11 Å². The Morgan fingerprint density at radius 3 is 2.67 bits per heavy atom. The van der Waals surface area contributed by atoms with Crippen LogP contribution < -0.4 is 0 Å². The van der Waals surface area contributed by atoms with E-state index in [1.807, 2.05) is 37.3 Å². The van der Waals surface area contributed by atoms with E-state index in [0.29, 0.717) is 5.69 Å². The second kappa shape index (κ2) is 5.75. The lowest BCUT2D eigenvalue weighted by atomic mass is 10.1. The molecule has 1 aromatic carbocycles. The highest BCUT2D eigenvalue weighted by Crippen LogP contribution is 2.22. The summed E-state index contributed by atoms with van der Waals surface area (Å²) in [5.41, 5.74) is 1.50. The molecule has 0 aliphatic carbocycles. The molecule has 5 nitrogen and oxygen atoms in total. The summed E-state index contributed by atoms with van der Waals surface area (Å²) < 4.78 is 6.89. The van der Waals surface area contributed by atoms with E-state index in [-0.39, 0.29) is 6.10 Å². The number of benzene rings is 1. The van der Waals surface area contributed by atoms with E-state index in [1.165, 1.54) is 0 Å². The molecule has 0 aliphatic rings. The predicted octanol–water partition coefficient (Wildman–Crippen LogP) is 1.73. The third-order valence-corrected chi connectivity index (χ3v) is 2.94. The zero-order valence-electron chi connectivity index (χ0n) is 10.5. The van der Waals surface area contributed by atoms with E-state index in [1.54, 1.807) is 18.0 Å². The molecule has 1 N–H and O–H groups in total. The molecule has 1 heterocycles. The first-order valence-electron chi connectivity index (χ1n) is 5.94. The van der Waals surface area contributed by atoms with E-state index < -0.39 is 6.10 Å². The summed E-state index contributed by atoms with van der Waals surface area (Å²) in [7, 11) is 1.59. The van der Waals surface area contributed by atoms with Gasteiger partial charge in [-0.3, -0.25) is 0 Å². The molecule has 18 heavy (non-hydrogen) atoms. The molecule has 96 valence electrons. The van der Waals surface area contributed by atoms with Crippen LogP contribution in [0, 0.1) is 0 Å². The van der Waals surface area contributed by atoms with E-state index >= 15 is 0 Å². The number of nitrogens with zero attached hydrogens (tertiary/aromatic N) is 3. The largest absolute Gasteiger partial charge is 0.384 e. The Balaban J connectivity index is 2.33. The van der Waals surface area contributed by atoms with Gasteiger partial charge in [-0.1, -0.05) is 30.3 Å². The minimum atomic E-state index is -0.741. The SMILES string of the molecule is CCC(OC)C(O)c1cnnn1-c1ccccc1. The molecule has 0 aliphatic heterocycles. The summed E-state index contributed by atoms with van der Waals surface area (Å²) in [5.74, 6) is 0. The molecule has 0 fully saturated rings. The molecule has 0 saturated heterocycles. The maximum Gasteiger partial charge on any atom is 0.124 e. The number of aromatic nitrogens is 3. The van der Waals surface area contributed by atoms with Crippen LogP contribution in [-0.4, -0.2) is 33.3 Å².